The van der Waals surface area contributed by atoms with E-state index >= 15 is 0 Å². The molecule has 0 aliphatic rings. The average molecular weight is 215 g/mol. The zero-order valence-electron chi connectivity index (χ0n) is 11.0. The van der Waals surface area contributed by atoms with Crippen molar-refractivity contribution in [3.63, 3.8) is 0 Å². The quantitative estimate of drug-likeness (QED) is 0.656. The fourth-order valence-electron chi connectivity index (χ4n) is 1.83. The SMILES string of the molecule is C=C[C](C)c1cc(CCC)cc(C(C)C)c1. The Hall–Kier alpha value is -1.04. The molecule has 0 saturated carbocycles. The van der Waals surface area contributed by atoms with Crippen LogP contribution in [-0.2, 0) is 6.42 Å². The third-order valence-corrected chi connectivity index (χ3v) is 2.98. The third kappa shape index (κ3) is 3.23. The highest BCUT2D eigenvalue weighted by Gasteiger charge is 2.07. The number of benzene rings is 1. The van der Waals surface area contributed by atoms with Gasteiger partial charge < -0.3 is 0 Å². The van der Waals surface area contributed by atoms with Crippen LogP contribution in [0.25, 0.3) is 0 Å². The van der Waals surface area contributed by atoms with Gasteiger partial charge in [0, 0.05) is 5.92 Å². The van der Waals surface area contributed by atoms with E-state index in [4.69, 9.17) is 0 Å². The maximum atomic E-state index is 3.85. The Bertz CT molecular complexity index is 347. The van der Waals surface area contributed by atoms with Crippen LogP contribution in [0, 0.1) is 5.92 Å². The zero-order chi connectivity index (χ0) is 12.1. The first kappa shape index (κ1) is 13.0. The predicted molar refractivity (Wildman–Crippen MR) is 72.7 cm³/mol. The van der Waals surface area contributed by atoms with Gasteiger partial charge in [-0.25, -0.2) is 0 Å². The van der Waals surface area contributed by atoms with E-state index in [1.54, 1.807) is 0 Å². The van der Waals surface area contributed by atoms with Gasteiger partial charge in [-0.2, -0.15) is 0 Å². The first-order valence-corrected chi connectivity index (χ1v) is 6.18. The average Bonchev–Trinajstić information content (AvgIpc) is 2.28. The van der Waals surface area contributed by atoms with Crippen LogP contribution in [0.1, 0.15) is 56.7 Å². The second kappa shape index (κ2) is 5.89. The normalized spacial score (nSPS) is 11.1. The minimum absolute atomic E-state index is 0.591. The zero-order valence-corrected chi connectivity index (χ0v) is 11.0. The van der Waals surface area contributed by atoms with Crippen molar-refractivity contribution < 1.29 is 0 Å². The van der Waals surface area contributed by atoms with E-state index in [-0.39, 0.29) is 0 Å². The van der Waals surface area contributed by atoms with E-state index in [2.05, 4.69) is 52.5 Å². The van der Waals surface area contributed by atoms with Gasteiger partial charge in [0.15, 0.2) is 0 Å². The van der Waals surface area contributed by atoms with Crippen molar-refractivity contribution in [2.75, 3.05) is 0 Å². The van der Waals surface area contributed by atoms with Gasteiger partial charge in [-0.3, -0.25) is 0 Å². The fraction of sp³-hybridized carbons (Fsp3) is 0.438. The van der Waals surface area contributed by atoms with Gasteiger partial charge in [0.1, 0.15) is 0 Å². The molecule has 1 aromatic rings. The summed E-state index contributed by atoms with van der Waals surface area (Å²) in [6.07, 6.45) is 4.31. The van der Waals surface area contributed by atoms with Crippen LogP contribution in [0.2, 0.25) is 0 Å². The molecule has 0 amide bonds. The largest absolute Gasteiger partial charge is 0.102 e. The van der Waals surface area contributed by atoms with Crippen LogP contribution in [-0.4, -0.2) is 0 Å². The van der Waals surface area contributed by atoms with E-state index in [1.807, 2.05) is 6.08 Å². The predicted octanol–water partition coefficient (Wildman–Crippen LogP) is 4.89. The van der Waals surface area contributed by atoms with Crippen molar-refractivity contribution in [2.24, 2.45) is 0 Å². The van der Waals surface area contributed by atoms with Crippen molar-refractivity contribution in [1.29, 1.82) is 0 Å². The lowest BCUT2D eigenvalue weighted by Gasteiger charge is -2.14. The summed E-state index contributed by atoms with van der Waals surface area (Å²) in [6.45, 7) is 12.7. The summed E-state index contributed by atoms with van der Waals surface area (Å²) >= 11 is 0. The molecule has 1 aromatic carbocycles. The van der Waals surface area contributed by atoms with E-state index in [1.165, 1.54) is 29.0 Å². The van der Waals surface area contributed by atoms with Crippen LogP contribution in [0.4, 0.5) is 0 Å². The van der Waals surface area contributed by atoms with Gasteiger partial charge in [0.25, 0.3) is 0 Å². The van der Waals surface area contributed by atoms with Crippen molar-refractivity contribution in [2.45, 2.75) is 46.5 Å². The van der Waals surface area contributed by atoms with E-state index < -0.39 is 0 Å². The van der Waals surface area contributed by atoms with Crippen LogP contribution >= 0.6 is 0 Å². The molecule has 1 radical (unpaired) electrons. The molecule has 0 atom stereocenters. The summed E-state index contributed by atoms with van der Waals surface area (Å²) in [6, 6.07) is 6.93. The highest BCUT2D eigenvalue weighted by molar-refractivity contribution is 5.42. The molecule has 87 valence electrons. The van der Waals surface area contributed by atoms with Crippen molar-refractivity contribution in [3.8, 4) is 0 Å². The Balaban J connectivity index is 3.12. The molecule has 0 heteroatoms. The molecule has 0 unspecified atom stereocenters. The van der Waals surface area contributed by atoms with Crippen molar-refractivity contribution in [3.05, 3.63) is 53.5 Å². The molecule has 1 rings (SSSR count). The molecule has 0 aliphatic heterocycles. The molecular formula is C16H23. The molecule has 0 fully saturated rings. The summed E-state index contributed by atoms with van der Waals surface area (Å²) in [4.78, 5) is 0. The number of hydrogen-bond acceptors (Lipinski definition) is 0. The highest BCUT2D eigenvalue weighted by Crippen LogP contribution is 2.24. The Labute approximate surface area is 100 Å². The second-order valence-corrected chi connectivity index (χ2v) is 4.76. The van der Waals surface area contributed by atoms with Gasteiger partial charge in [-0.05, 0) is 29.0 Å². The highest BCUT2D eigenvalue weighted by atomic mass is 14.1. The molecule has 0 spiro atoms. The maximum Gasteiger partial charge on any atom is 0.0230 e. The lowest BCUT2D eigenvalue weighted by atomic mass is 9.91. The number of aryl methyl sites for hydroxylation is 1. The van der Waals surface area contributed by atoms with Crippen LogP contribution in [0.5, 0.6) is 0 Å². The van der Waals surface area contributed by atoms with Crippen LogP contribution in [0.15, 0.2) is 30.9 Å². The topological polar surface area (TPSA) is 0 Å². The lowest BCUT2D eigenvalue weighted by Crippen LogP contribution is -1.98. The van der Waals surface area contributed by atoms with Gasteiger partial charge in [-0.15, -0.1) is 6.58 Å². The molecule has 0 heterocycles. The number of hydrogen-bond donors (Lipinski definition) is 0. The monoisotopic (exact) mass is 215 g/mol. The first-order valence-electron chi connectivity index (χ1n) is 6.18. The van der Waals surface area contributed by atoms with Crippen LogP contribution in [0.3, 0.4) is 0 Å². The molecule has 0 nitrogen and oxygen atoms in total. The smallest absolute Gasteiger partial charge is 0.0230 e. The van der Waals surface area contributed by atoms with Crippen molar-refractivity contribution in [1.82, 2.24) is 0 Å². The molecule has 0 N–H and O–H groups in total. The molecule has 0 bridgehead atoms. The Morgan fingerprint density at radius 1 is 1.31 bits per heavy atom. The third-order valence-electron chi connectivity index (χ3n) is 2.98. The Morgan fingerprint density at radius 3 is 2.50 bits per heavy atom. The summed E-state index contributed by atoms with van der Waals surface area (Å²) in [5.74, 6) is 1.85. The molecule has 0 saturated heterocycles. The van der Waals surface area contributed by atoms with Gasteiger partial charge in [0.2, 0.25) is 0 Å². The van der Waals surface area contributed by atoms with Crippen LogP contribution < -0.4 is 0 Å². The summed E-state index contributed by atoms with van der Waals surface area (Å²) in [5, 5.41) is 0. The minimum atomic E-state index is 0.591. The number of allylic oxidation sites excluding steroid dienone is 1. The second-order valence-electron chi connectivity index (χ2n) is 4.76. The molecular weight excluding hydrogens is 192 g/mol. The number of rotatable bonds is 5. The van der Waals surface area contributed by atoms with E-state index in [0.717, 1.165) is 6.42 Å². The Morgan fingerprint density at radius 2 is 2.00 bits per heavy atom. The van der Waals surface area contributed by atoms with Gasteiger partial charge in [0.05, 0.1) is 0 Å². The molecule has 16 heavy (non-hydrogen) atoms. The minimum Gasteiger partial charge on any atom is -0.102 e. The molecule has 0 aliphatic carbocycles. The van der Waals surface area contributed by atoms with E-state index in [9.17, 15) is 0 Å². The van der Waals surface area contributed by atoms with Crippen molar-refractivity contribution >= 4 is 0 Å². The molecule has 0 aromatic heterocycles. The standard InChI is InChI=1S/C16H23/c1-6-8-14-9-15(12(3)4)11-16(10-14)13(5)7-2/h7,9-12H,2,6,8H2,1,3-5H3. The fourth-order valence-corrected chi connectivity index (χ4v) is 1.83. The first-order chi connectivity index (χ1) is 7.58. The lowest BCUT2D eigenvalue weighted by molar-refractivity contribution is 0.850. The maximum absolute atomic E-state index is 3.85. The summed E-state index contributed by atoms with van der Waals surface area (Å²) in [5.41, 5.74) is 4.21. The van der Waals surface area contributed by atoms with E-state index in [0.29, 0.717) is 5.92 Å². The Kier molecular flexibility index (Phi) is 4.79. The summed E-state index contributed by atoms with van der Waals surface area (Å²) in [7, 11) is 0. The van der Waals surface area contributed by atoms with Gasteiger partial charge >= 0.3 is 0 Å². The summed E-state index contributed by atoms with van der Waals surface area (Å²) < 4.78 is 0. The van der Waals surface area contributed by atoms with Gasteiger partial charge in [-0.1, -0.05) is 58.4 Å².